The van der Waals surface area contributed by atoms with E-state index in [-0.39, 0.29) is 12.2 Å². The van der Waals surface area contributed by atoms with Crippen LogP contribution in [0.3, 0.4) is 0 Å². The first-order valence-corrected chi connectivity index (χ1v) is 10.6. The molecule has 31 heavy (non-hydrogen) atoms. The van der Waals surface area contributed by atoms with Gasteiger partial charge < -0.3 is 14.6 Å². The van der Waals surface area contributed by atoms with Crippen LogP contribution in [0.25, 0.3) is 22.6 Å². The standard InChI is InChI=1S/C26H25NO4/c1-26(2,3)17-12-16(10-15-8-9-21-22(11-15)31-14-30-21)24-19(13-17)23(25(28)29)18-6-4-5-7-20(18)27-24/h4-11,17H,12-14H2,1-3H3,(H,28,29)/b16-10-/t17-/m1/s1. The fourth-order valence-electron chi connectivity index (χ4n) is 4.58. The summed E-state index contributed by atoms with van der Waals surface area (Å²) < 4.78 is 11.0. The fraction of sp³-hybridized carbons (Fsp3) is 0.308. The molecule has 0 amide bonds. The number of ether oxygens (including phenoxy) is 2. The van der Waals surface area contributed by atoms with Crippen molar-refractivity contribution in [1.29, 1.82) is 0 Å². The summed E-state index contributed by atoms with van der Waals surface area (Å²) in [5.41, 5.74) is 4.82. The van der Waals surface area contributed by atoms with E-state index < -0.39 is 5.97 Å². The number of allylic oxidation sites excluding steroid dienone is 1. The first kappa shape index (κ1) is 19.6. The molecule has 1 aromatic heterocycles. The monoisotopic (exact) mass is 415 g/mol. The molecule has 1 aliphatic carbocycles. The Morgan fingerprint density at radius 2 is 1.87 bits per heavy atom. The molecule has 0 fully saturated rings. The minimum absolute atomic E-state index is 0.0348. The third-order valence-electron chi connectivity index (χ3n) is 6.39. The van der Waals surface area contributed by atoms with Crippen LogP contribution in [0.4, 0.5) is 0 Å². The fourth-order valence-corrected chi connectivity index (χ4v) is 4.58. The van der Waals surface area contributed by atoms with E-state index in [0.29, 0.717) is 28.8 Å². The Labute approximate surface area is 181 Å². The topological polar surface area (TPSA) is 68.7 Å². The van der Waals surface area contributed by atoms with E-state index >= 15 is 0 Å². The lowest BCUT2D eigenvalue weighted by atomic mass is 9.69. The van der Waals surface area contributed by atoms with Gasteiger partial charge in [0.2, 0.25) is 6.79 Å². The van der Waals surface area contributed by atoms with Crippen molar-refractivity contribution in [3.63, 3.8) is 0 Å². The summed E-state index contributed by atoms with van der Waals surface area (Å²) in [7, 11) is 0. The average Bonchev–Trinajstić information content (AvgIpc) is 3.19. The summed E-state index contributed by atoms with van der Waals surface area (Å²) >= 11 is 0. The van der Waals surface area contributed by atoms with Crippen molar-refractivity contribution in [2.75, 3.05) is 6.79 Å². The third kappa shape index (κ3) is 3.44. The van der Waals surface area contributed by atoms with Crippen molar-refractivity contribution in [3.8, 4) is 11.5 Å². The van der Waals surface area contributed by atoms with Crippen LogP contribution < -0.4 is 9.47 Å². The zero-order valence-electron chi connectivity index (χ0n) is 17.9. The molecule has 1 N–H and O–H groups in total. The smallest absolute Gasteiger partial charge is 0.336 e. The van der Waals surface area contributed by atoms with Gasteiger partial charge in [-0.3, -0.25) is 0 Å². The molecule has 3 aromatic rings. The van der Waals surface area contributed by atoms with Gasteiger partial charge in [-0.25, -0.2) is 9.78 Å². The predicted molar refractivity (Wildman–Crippen MR) is 120 cm³/mol. The van der Waals surface area contributed by atoms with Crippen LogP contribution in [0.2, 0.25) is 0 Å². The van der Waals surface area contributed by atoms with Crippen LogP contribution in [0, 0.1) is 11.3 Å². The molecule has 2 aliphatic rings. The number of aromatic nitrogens is 1. The number of hydrogen-bond acceptors (Lipinski definition) is 4. The first-order chi connectivity index (χ1) is 14.8. The Bertz CT molecular complexity index is 1240. The normalized spacial score (nSPS) is 18.9. The number of benzene rings is 2. The second-order valence-corrected chi connectivity index (χ2v) is 9.39. The highest BCUT2D eigenvalue weighted by molar-refractivity contribution is 6.06. The van der Waals surface area contributed by atoms with Crippen molar-refractivity contribution < 1.29 is 19.4 Å². The van der Waals surface area contributed by atoms with E-state index in [1.165, 1.54) is 0 Å². The second kappa shape index (κ2) is 7.12. The molecule has 5 rings (SSSR count). The van der Waals surface area contributed by atoms with E-state index in [0.717, 1.165) is 40.3 Å². The Balaban J connectivity index is 1.74. The lowest BCUT2D eigenvalue weighted by Gasteiger charge is -2.36. The number of fused-ring (bicyclic) bond motifs is 3. The Morgan fingerprint density at radius 3 is 2.65 bits per heavy atom. The van der Waals surface area contributed by atoms with Crippen LogP contribution in [0.15, 0.2) is 42.5 Å². The number of nitrogens with zero attached hydrogens (tertiary/aromatic N) is 1. The highest BCUT2D eigenvalue weighted by Gasteiger charge is 2.35. The molecule has 5 heteroatoms. The van der Waals surface area contributed by atoms with Gasteiger partial charge in [-0.05, 0) is 65.1 Å². The lowest BCUT2D eigenvalue weighted by molar-refractivity contribution is 0.0696. The van der Waals surface area contributed by atoms with Crippen LogP contribution >= 0.6 is 0 Å². The molecule has 0 saturated heterocycles. The van der Waals surface area contributed by atoms with Gasteiger partial charge in [0.15, 0.2) is 11.5 Å². The zero-order chi connectivity index (χ0) is 21.8. The second-order valence-electron chi connectivity index (χ2n) is 9.39. The maximum Gasteiger partial charge on any atom is 0.336 e. The van der Waals surface area contributed by atoms with Gasteiger partial charge in [0.1, 0.15) is 0 Å². The molecule has 0 spiro atoms. The number of para-hydroxylation sites is 1. The molecule has 0 bridgehead atoms. The van der Waals surface area contributed by atoms with Gasteiger partial charge in [-0.15, -0.1) is 0 Å². The predicted octanol–water partition coefficient (Wildman–Crippen LogP) is 5.81. The quantitative estimate of drug-likeness (QED) is 0.572. The van der Waals surface area contributed by atoms with Gasteiger partial charge in [0, 0.05) is 5.39 Å². The van der Waals surface area contributed by atoms with Gasteiger partial charge in [0.05, 0.1) is 16.8 Å². The minimum atomic E-state index is -0.896. The number of hydrogen-bond donors (Lipinski definition) is 1. The van der Waals surface area contributed by atoms with Crippen LogP contribution in [0.5, 0.6) is 11.5 Å². The number of rotatable bonds is 2. The van der Waals surface area contributed by atoms with E-state index in [2.05, 4.69) is 26.8 Å². The summed E-state index contributed by atoms with van der Waals surface area (Å²) in [6, 6.07) is 13.4. The minimum Gasteiger partial charge on any atom is -0.478 e. The Morgan fingerprint density at radius 1 is 1.10 bits per heavy atom. The summed E-state index contributed by atoms with van der Waals surface area (Å²) in [6.45, 7) is 6.89. The number of pyridine rings is 1. The molecule has 1 atom stereocenters. The molecule has 1 aliphatic heterocycles. The summed E-state index contributed by atoms with van der Waals surface area (Å²) in [4.78, 5) is 17.3. The van der Waals surface area contributed by atoms with Crippen LogP contribution in [0.1, 0.15) is 54.4 Å². The average molecular weight is 415 g/mol. The number of carboxylic acids is 1. The van der Waals surface area contributed by atoms with Gasteiger partial charge in [-0.2, -0.15) is 0 Å². The SMILES string of the molecule is CC(C)(C)[C@@H]1C/C(=C/c2ccc3c(c2)OCO3)c2nc3ccccc3c(C(=O)O)c2C1. The molecular formula is C26H25NO4. The number of carbonyl (C=O) groups is 1. The number of aromatic carboxylic acids is 1. The highest BCUT2D eigenvalue weighted by atomic mass is 16.7. The van der Waals surface area contributed by atoms with Crippen molar-refractivity contribution in [1.82, 2.24) is 4.98 Å². The number of carboxylic acid groups (broad SMARTS) is 1. The summed E-state index contributed by atoms with van der Waals surface area (Å²) in [6.07, 6.45) is 3.66. The molecular weight excluding hydrogens is 390 g/mol. The molecule has 2 aromatic carbocycles. The summed E-state index contributed by atoms with van der Waals surface area (Å²) in [5, 5.41) is 10.8. The van der Waals surface area contributed by atoms with E-state index in [4.69, 9.17) is 14.5 Å². The molecule has 158 valence electrons. The zero-order valence-corrected chi connectivity index (χ0v) is 17.9. The van der Waals surface area contributed by atoms with Gasteiger partial charge in [-0.1, -0.05) is 45.0 Å². The van der Waals surface area contributed by atoms with Crippen molar-refractivity contribution in [2.45, 2.75) is 33.6 Å². The van der Waals surface area contributed by atoms with Crippen molar-refractivity contribution in [2.24, 2.45) is 11.3 Å². The van der Waals surface area contributed by atoms with Crippen molar-refractivity contribution in [3.05, 3.63) is 64.8 Å². The van der Waals surface area contributed by atoms with Gasteiger partial charge >= 0.3 is 5.97 Å². The van der Waals surface area contributed by atoms with Gasteiger partial charge in [0.25, 0.3) is 0 Å². The Hall–Kier alpha value is -3.34. The maximum absolute atomic E-state index is 12.4. The van der Waals surface area contributed by atoms with E-state index in [9.17, 15) is 9.90 Å². The van der Waals surface area contributed by atoms with Crippen molar-refractivity contribution >= 4 is 28.5 Å². The molecule has 0 radical (unpaired) electrons. The Kier molecular flexibility index (Phi) is 4.50. The molecule has 0 saturated carbocycles. The van der Waals surface area contributed by atoms with Crippen LogP contribution in [-0.2, 0) is 6.42 Å². The largest absolute Gasteiger partial charge is 0.478 e. The lowest BCUT2D eigenvalue weighted by Crippen LogP contribution is -2.28. The summed E-state index contributed by atoms with van der Waals surface area (Å²) in [5.74, 6) is 0.889. The van der Waals surface area contributed by atoms with E-state index in [1.54, 1.807) is 0 Å². The molecule has 0 unspecified atom stereocenters. The highest BCUT2D eigenvalue weighted by Crippen LogP contribution is 2.45. The van der Waals surface area contributed by atoms with E-state index in [1.807, 2.05) is 42.5 Å². The molecule has 5 nitrogen and oxygen atoms in total. The first-order valence-electron chi connectivity index (χ1n) is 10.6. The maximum atomic E-state index is 12.4. The molecule has 2 heterocycles. The van der Waals surface area contributed by atoms with Crippen LogP contribution in [-0.4, -0.2) is 22.9 Å². The third-order valence-corrected chi connectivity index (χ3v) is 6.39.